The van der Waals surface area contributed by atoms with Crippen molar-refractivity contribution in [1.82, 2.24) is 9.97 Å². The molecule has 2 heterocycles. The van der Waals surface area contributed by atoms with Crippen LogP contribution in [0.2, 0.25) is 0 Å². The molecule has 1 aliphatic rings. The maximum Gasteiger partial charge on any atom is 0.261 e. The van der Waals surface area contributed by atoms with Gasteiger partial charge in [0, 0.05) is 16.8 Å². The minimum Gasteiger partial charge on any atom is -0.339 e. The van der Waals surface area contributed by atoms with Crippen LogP contribution in [0.3, 0.4) is 0 Å². The Labute approximate surface area is 173 Å². The van der Waals surface area contributed by atoms with Gasteiger partial charge >= 0.3 is 0 Å². The molecule has 0 saturated carbocycles. The molecule has 2 aromatic heterocycles. The largest absolute Gasteiger partial charge is 0.339 e. The molecule has 0 bridgehead atoms. The van der Waals surface area contributed by atoms with Gasteiger partial charge in [0.1, 0.15) is 11.6 Å². The third kappa shape index (κ3) is 4.62. The summed E-state index contributed by atoms with van der Waals surface area (Å²) in [6.45, 7) is 2.22. The van der Waals surface area contributed by atoms with Crippen molar-refractivity contribution in [3.8, 4) is 0 Å². The summed E-state index contributed by atoms with van der Waals surface area (Å²) in [7, 11) is 0. The third-order valence-corrected chi connectivity index (χ3v) is 6.13. The monoisotopic (exact) mass is 410 g/mol. The van der Waals surface area contributed by atoms with Gasteiger partial charge in [-0.15, -0.1) is 11.3 Å². The lowest BCUT2D eigenvalue weighted by atomic mass is 9.88. The fraction of sp³-hybridized carbons (Fsp3) is 0.318. The molecule has 4 rings (SSSR count). The smallest absolute Gasteiger partial charge is 0.261 e. The highest BCUT2D eigenvalue weighted by atomic mass is 32.1. The average Bonchev–Trinajstić information content (AvgIpc) is 3.10. The van der Waals surface area contributed by atoms with Gasteiger partial charge in [0.25, 0.3) is 5.91 Å². The minimum absolute atomic E-state index is 0.284. The molecule has 29 heavy (non-hydrogen) atoms. The van der Waals surface area contributed by atoms with Crippen molar-refractivity contribution in [2.75, 3.05) is 10.6 Å². The van der Waals surface area contributed by atoms with Crippen molar-refractivity contribution in [3.05, 3.63) is 64.5 Å². The molecule has 1 aliphatic carbocycles. The van der Waals surface area contributed by atoms with Crippen molar-refractivity contribution in [2.45, 2.75) is 39.0 Å². The zero-order chi connectivity index (χ0) is 20.2. The number of carbonyl (C=O) groups excluding carboxylic acids is 1. The molecule has 2 N–H and O–H groups in total. The van der Waals surface area contributed by atoms with Crippen LogP contribution < -0.4 is 10.6 Å². The molecule has 0 spiro atoms. The Kier molecular flexibility index (Phi) is 5.85. The second kappa shape index (κ2) is 8.69. The van der Waals surface area contributed by atoms with Crippen LogP contribution >= 0.6 is 11.3 Å². The normalized spacial score (nSPS) is 15.6. The van der Waals surface area contributed by atoms with Gasteiger partial charge in [0.2, 0.25) is 0 Å². The Bertz CT molecular complexity index is 1020. The fourth-order valence-electron chi connectivity index (χ4n) is 3.71. The summed E-state index contributed by atoms with van der Waals surface area (Å²) in [6.07, 6.45) is 7.23. The molecular formula is C22H23FN4OS. The summed E-state index contributed by atoms with van der Waals surface area (Å²) in [6, 6.07) is 9.44. The minimum atomic E-state index is -0.355. The van der Waals surface area contributed by atoms with E-state index in [-0.39, 0.29) is 11.7 Å². The van der Waals surface area contributed by atoms with E-state index in [1.807, 2.05) is 0 Å². The standard InChI is InChI=1S/C22H23FN4OS/c1-2-5-14-9-10-18-19(12-14)29-22(26-18)27-21(28)17-8-4-11-24-20(17)25-16-7-3-6-15(23)13-16/h3-4,6-8,11,13-14H,2,5,9-10,12H2,1H3,(H,24,25)(H,26,27,28). The van der Waals surface area contributed by atoms with E-state index in [4.69, 9.17) is 0 Å². The van der Waals surface area contributed by atoms with Crippen molar-refractivity contribution < 1.29 is 9.18 Å². The zero-order valence-electron chi connectivity index (χ0n) is 16.2. The Hall–Kier alpha value is -2.80. The number of hydrogen-bond donors (Lipinski definition) is 2. The summed E-state index contributed by atoms with van der Waals surface area (Å²) in [5, 5.41) is 6.56. The summed E-state index contributed by atoms with van der Waals surface area (Å²) in [5.41, 5.74) is 2.03. The highest BCUT2D eigenvalue weighted by Gasteiger charge is 2.23. The number of aryl methyl sites for hydroxylation is 1. The highest BCUT2D eigenvalue weighted by molar-refractivity contribution is 7.15. The van der Waals surface area contributed by atoms with E-state index in [1.54, 1.807) is 41.8 Å². The van der Waals surface area contributed by atoms with Crippen LogP contribution in [0.25, 0.3) is 0 Å². The first kappa shape index (κ1) is 19.5. The van der Waals surface area contributed by atoms with Gasteiger partial charge in [-0.1, -0.05) is 25.8 Å². The van der Waals surface area contributed by atoms with Gasteiger partial charge in [0.15, 0.2) is 5.13 Å². The van der Waals surface area contributed by atoms with Gasteiger partial charge < -0.3 is 5.32 Å². The van der Waals surface area contributed by atoms with Crippen LogP contribution in [0.1, 0.15) is 47.1 Å². The molecule has 0 aliphatic heterocycles. The van der Waals surface area contributed by atoms with E-state index in [2.05, 4.69) is 27.5 Å². The number of benzene rings is 1. The second-order valence-corrected chi connectivity index (χ2v) is 8.36. The molecule has 1 unspecified atom stereocenters. The SMILES string of the molecule is CCCC1CCc2nc(NC(=O)c3cccnc3Nc3cccc(F)c3)sc2C1. The lowest BCUT2D eigenvalue weighted by Crippen LogP contribution is -2.14. The molecule has 0 saturated heterocycles. The number of amides is 1. The first-order chi connectivity index (χ1) is 14.1. The topological polar surface area (TPSA) is 66.9 Å². The van der Waals surface area contributed by atoms with Crippen LogP contribution in [0.15, 0.2) is 42.6 Å². The fourth-order valence-corrected chi connectivity index (χ4v) is 4.82. The number of thiazole rings is 1. The van der Waals surface area contributed by atoms with Crippen molar-refractivity contribution in [2.24, 2.45) is 5.92 Å². The van der Waals surface area contributed by atoms with E-state index in [0.29, 0.717) is 22.2 Å². The summed E-state index contributed by atoms with van der Waals surface area (Å²) in [5.74, 6) is 0.455. The van der Waals surface area contributed by atoms with Gasteiger partial charge in [-0.2, -0.15) is 0 Å². The molecule has 1 amide bonds. The van der Waals surface area contributed by atoms with Crippen LogP contribution in [0.5, 0.6) is 0 Å². The van der Waals surface area contributed by atoms with E-state index < -0.39 is 0 Å². The molecule has 5 nitrogen and oxygen atoms in total. The lowest BCUT2D eigenvalue weighted by molar-refractivity contribution is 0.102. The van der Waals surface area contributed by atoms with Crippen LogP contribution in [-0.4, -0.2) is 15.9 Å². The number of nitrogens with one attached hydrogen (secondary N) is 2. The van der Waals surface area contributed by atoms with Crippen LogP contribution in [-0.2, 0) is 12.8 Å². The van der Waals surface area contributed by atoms with Gasteiger partial charge in [-0.05, 0) is 55.5 Å². The van der Waals surface area contributed by atoms with Gasteiger partial charge in [-0.25, -0.2) is 14.4 Å². The number of fused-ring (bicyclic) bond motifs is 1. The maximum absolute atomic E-state index is 13.5. The zero-order valence-corrected chi connectivity index (χ0v) is 17.1. The Morgan fingerprint density at radius 1 is 1.31 bits per heavy atom. The number of anilines is 3. The molecule has 3 aromatic rings. The van der Waals surface area contributed by atoms with E-state index >= 15 is 0 Å². The molecule has 1 atom stereocenters. The van der Waals surface area contributed by atoms with Crippen LogP contribution in [0.4, 0.5) is 21.0 Å². The summed E-state index contributed by atoms with van der Waals surface area (Å²) < 4.78 is 13.5. The number of hydrogen-bond acceptors (Lipinski definition) is 5. The molecular weight excluding hydrogens is 387 g/mol. The quantitative estimate of drug-likeness (QED) is 0.557. The van der Waals surface area contributed by atoms with E-state index in [9.17, 15) is 9.18 Å². The Morgan fingerprint density at radius 3 is 3.03 bits per heavy atom. The third-order valence-electron chi connectivity index (χ3n) is 5.10. The van der Waals surface area contributed by atoms with Crippen molar-refractivity contribution >= 4 is 33.9 Å². The van der Waals surface area contributed by atoms with Crippen molar-refractivity contribution in [3.63, 3.8) is 0 Å². The molecule has 150 valence electrons. The van der Waals surface area contributed by atoms with Crippen molar-refractivity contribution in [1.29, 1.82) is 0 Å². The highest BCUT2D eigenvalue weighted by Crippen LogP contribution is 2.34. The Morgan fingerprint density at radius 2 is 2.21 bits per heavy atom. The van der Waals surface area contributed by atoms with Crippen LogP contribution in [0, 0.1) is 11.7 Å². The van der Waals surface area contributed by atoms with Gasteiger partial charge in [-0.3, -0.25) is 10.1 Å². The first-order valence-corrected chi connectivity index (χ1v) is 10.7. The summed E-state index contributed by atoms with van der Waals surface area (Å²) >= 11 is 1.57. The predicted octanol–water partition coefficient (Wildman–Crippen LogP) is 5.58. The maximum atomic E-state index is 13.5. The molecule has 0 radical (unpaired) electrons. The number of carbonyl (C=O) groups is 1. The number of pyridine rings is 1. The van der Waals surface area contributed by atoms with E-state index in [0.717, 1.165) is 24.5 Å². The number of aromatic nitrogens is 2. The molecule has 1 aromatic carbocycles. The molecule has 7 heteroatoms. The summed E-state index contributed by atoms with van der Waals surface area (Å²) in [4.78, 5) is 23.0. The number of rotatable bonds is 6. The second-order valence-electron chi connectivity index (χ2n) is 7.28. The molecule has 0 fully saturated rings. The number of nitrogens with zero attached hydrogens (tertiary/aromatic N) is 2. The first-order valence-electron chi connectivity index (χ1n) is 9.90. The lowest BCUT2D eigenvalue weighted by Gasteiger charge is -2.19. The Balaban J connectivity index is 1.50. The average molecular weight is 411 g/mol. The van der Waals surface area contributed by atoms with Gasteiger partial charge in [0.05, 0.1) is 11.3 Å². The van der Waals surface area contributed by atoms with E-state index in [1.165, 1.54) is 36.3 Å². The predicted molar refractivity (Wildman–Crippen MR) is 114 cm³/mol. The number of halogens is 1.